The van der Waals surface area contributed by atoms with Gasteiger partial charge in [0.05, 0.1) is 12.6 Å². The molecule has 1 aliphatic carbocycles. The summed E-state index contributed by atoms with van der Waals surface area (Å²) in [5.41, 5.74) is 0. The van der Waals surface area contributed by atoms with Crippen LogP contribution in [0.3, 0.4) is 0 Å². The van der Waals surface area contributed by atoms with E-state index in [0.29, 0.717) is 18.4 Å². The summed E-state index contributed by atoms with van der Waals surface area (Å²) in [6, 6.07) is 5.77. The van der Waals surface area contributed by atoms with Gasteiger partial charge in [-0.3, -0.25) is 5.32 Å². The van der Waals surface area contributed by atoms with Crippen LogP contribution in [0, 0.1) is 0 Å². The van der Waals surface area contributed by atoms with Crippen LogP contribution in [0.1, 0.15) is 39.0 Å². The normalized spacial score (nSPS) is 16.3. The maximum atomic E-state index is 11.6. The fourth-order valence-corrected chi connectivity index (χ4v) is 2.31. The second-order valence-corrected chi connectivity index (χ2v) is 4.95. The van der Waals surface area contributed by atoms with E-state index in [1.807, 2.05) is 18.2 Å². The third-order valence-electron chi connectivity index (χ3n) is 3.29. The lowest BCUT2D eigenvalue weighted by molar-refractivity contribution is 0.157. The van der Waals surface area contributed by atoms with Gasteiger partial charge in [-0.15, -0.1) is 0 Å². The van der Waals surface area contributed by atoms with E-state index in [2.05, 4.69) is 20.6 Å². The van der Waals surface area contributed by atoms with Crippen LogP contribution in [0.4, 0.5) is 10.6 Å². The van der Waals surface area contributed by atoms with Gasteiger partial charge in [0.15, 0.2) is 0 Å². The van der Waals surface area contributed by atoms with E-state index in [0.717, 1.165) is 12.8 Å². The van der Waals surface area contributed by atoms with Crippen LogP contribution in [-0.2, 0) is 4.74 Å². The van der Waals surface area contributed by atoms with Gasteiger partial charge >= 0.3 is 6.09 Å². The van der Waals surface area contributed by atoms with Crippen molar-refractivity contribution in [3.63, 3.8) is 0 Å². The maximum absolute atomic E-state index is 11.6. The highest BCUT2D eigenvalue weighted by molar-refractivity contribution is 6.01. The SMILES string of the molecule is CCOC(=O)NC(=NC1CCCCC1)Nc1ccccn1. The Labute approximate surface area is 125 Å². The van der Waals surface area contributed by atoms with Crippen molar-refractivity contribution in [3.8, 4) is 0 Å². The van der Waals surface area contributed by atoms with Gasteiger partial charge < -0.3 is 10.1 Å². The predicted molar refractivity (Wildman–Crippen MR) is 82.3 cm³/mol. The first-order valence-corrected chi connectivity index (χ1v) is 7.47. The van der Waals surface area contributed by atoms with Gasteiger partial charge in [-0.25, -0.2) is 14.8 Å². The summed E-state index contributed by atoms with van der Waals surface area (Å²) in [7, 11) is 0. The molecule has 21 heavy (non-hydrogen) atoms. The Morgan fingerprint density at radius 2 is 2.19 bits per heavy atom. The van der Waals surface area contributed by atoms with Gasteiger partial charge in [-0.1, -0.05) is 25.3 Å². The molecule has 1 aromatic heterocycles. The van der Waals surface area contributed by atoms with E-state index in [4.69, 9.17) is 4.74 Å². The molecular formula is C15H22N4O2. The molecule has 114 valence electrons. The van der Waals surface area contributed by atoms with E-state index in [-0.39, 0.29) is 6.04 Å². The number of carbonyl (C=O) groups excluding carboxylic acids is 1. The van der Waals surface area contributed by atoms with Crippen molar-refractivity contribution in [1.29, 1.82) is 0 Å². The Morgan fingerprint density at radius 1 is 1.38 bits per heavy atom. The zero-order valence-electron chi connectivity index (χ0n) is 12.3. The summed E-state index contributed by atoms with van der Waals surface area (Å²) in [4.78, 5) is 20.4. The minimum atomic E-state index is -0.504. The molecule has 1 fully saturated rings. The predicted octanol–water partition coefficient (Wildman–Crippen LogP) is 2.93. The number of ether oxygens (including phenoxy) is 1. The minimum Gasteiger partial charge on any atom is -0.450 e. The standard InChI is InChI=1S/C15H22N4O2/c1-2-21-15(20)19-14(17-12-8-4-3-5-9-12)18-13-10-6-7-11-16-13/h6-7,10-12H,2-5,8-9H2,1H3,(H2,16,17,18,19,20). The van der Waals surface area contributed by atoms with Crippen LogP contribution >= 0.6 is 0 Å². The highest BCUT2D eigenvalue weighted by Crippen LogP contribution is 2.20. The molecule has 1 aliphatic rings. The lowest BCUT2D eigenvalue weighted by Gasteiger charge is -2.19. The van der Waals surface area contributed by atoms with Gasteiger partial charge in [-0.2, -0.15) is 0 Å². The Kier molecular flexibility index (Phi) is 5.99. The number of rotatable bonds is 3. The van der Waals surface area contributed by atoms with Crippen LogP contribution in [0.25, 0.3) is 0 Å². The zero-order valence-corrected chi connectivity index (χ0v) is 12.3. The fourth-order valence-electron chi connectivity index (χ4n) is 2.31. The van der Waals surface area contributed by atoms with E-state index in [1.54, 1.807) is 13.1 Å². The van der Waals surface area contributed by atoms with E-state index >= 15 is 0 Å². The molecule has 0 spiro atoms. The average molecular weight is 290 g/mol. The maximum Gasteiger partial charge on any atom is 0.413 e. The van der Waals surface area contributed by atoms with Gasteiger partial charge in [-0.05, 0) is 31.9 Å². The molecule has 1 amide bonds. The molecule has 1 heterocycles. The quantitative estimate of drug-likeness (QED) is 0.663. The molecule has 1 aromatic rings. The zero-order chi connectivity index (χ0) is 14.9. The van der Waals surface area contributed by atoms with Crippen molar-refractivity contribution in [2.45, 2.75) is 45.1 Å². The van der Waals surface area contributed by atoms with Crippen LogP contribution in [0.5, 0.6) is 0 Å². The number of aromatic nitrogens is 1. The topological polar surface area (TPSA) is 75.6 Å². The molecule has 0 unspecified atom stereocenters. The summed E-state index contributed by atoms with van der Waals surface area (Å²) in [5, 5.41) is 5.69. The molecule has 0 aromatic carbocycles. The van der Waals surface area contributed by atoms with Crippen molar-refractivity contribution in [3.05, 3.63) is 24.4 Å². The number of hydrogen-bond acceptors (Lipinski definition) is 4. The number of guanidine groups is 1. The smallest absolute Gasteiger partial charge is 0.413 e. The lowest BCUT2D eigenvalue weighted by atomic mass is 9.96. The van der Waals surface area contributed by atoms with Crippen molar-refractivity contribution in [1.82, 2.24) is 10.3 Å². The number of alkyl carbamates (subject to hydrolysis) is 1. The average Bonchev–Trinajstić information content (AvgIpc) is 2.49. The number of amides is 1. The molecule has 1 saturated carbocycles. The number of nitrogens with one attached hydrogen (secondary N) is 2. The lowest BCUT2D eigenvalue weighted by Crippen LogP contribution is -2.37. The summed E-state index contributed by atoms with van der Waals surface area (Å²) in [6.07, 6.45) is 6.92. The molecule has 2 N–H and O–H groups in total. The number of carbonyl (C=O) groups is 1. The first-order chi connectivity index (χ1) is 10.3. The molecule has 6 nitrogen and oxygen atoms in total. The number of anilines is 1. The highest BCUT2D eigenvalue weighted by Gasteiger charge is 2.15. The van der Waals surface area contributed by atoms with Gasteiger partial charge in [0.2, 0.25) is 5.96 Å². The van der Waals surface area contributed by atoms with Crippen molar-refractivity contribution >= 4 is 17.9 Å². The van der Waals surface area contributed by atoms with Crippen molar-refractivity contribution < 1.29 is 9.53 Å². The monoisotopic (exact) mass is 290 g/mol. The van der Waals surface area contributed by atoms with E-state index in [9.17, 15) is 4.79 Å². The Hall–Kier alpha value is -2.11. The van der Waals surface area contributed by atoms with Crippen LogP contribution < -0.4 is 10.6 Å². The second-order valence-electron chi connectivity index (χ2n) is 4.95. The molecule has 0 atom stereocenters. The molecule has 2 rings (SSSR count). The van der Waals surface area contributed by atoms with E-state index in [1.165, 1.54) is 19.3 Å². The van der Waals surface area contributed by atoms with Crippen LogP contribution in [0.2, 0.25) is 0 Å². The van der Waals surface area contributed by atoms with Gasteiger partial charge in [0, 0.05) is 6.20 Å². The summed E-state index contributed by atoms with van der Waals surface area (Å²) in [5.74, 6) is 1.04. The summed E-state index contributed by atoms with van der Waals surface area (Å²) < 4.78 is 4.91. The third-order valence-corrected chi connectivity index (χ3v) is 3.29. The van der Waals surface area contributed by atoms with Crippen molar-refractivity contribution in [2.24, 2.45) is 4.99 Å². The Bertz CT molecular complexity index is 470. The highest BCUT2D eigenvalue weighted by atomic mass is 16.5. The largest absolute Gasteiger partial charge is 0.450 e. The summed E-state index contributed by atoms with van der Waals surface area (Å²) >= 11 is 0. The second kappa shape index (κ2) is 8.24. The fraction of sp³-hybridized carbons (Fsp3) is 0.533. The summed E-state index contributed by atoms with van der Waals surface area (Å²) in [6.45, 7) is 2.09. The van der Waals surface area contributed by atoms with Gasteiger partial charge in [0.1, 0.15) is 5.82 Å². The van der Waals surface area contributed by atoms with Gasteiger partial charge in [0.25, 0.3) is 0 Å². The Balaban J connectivity index is 2.05. The Morgan fingerprint density at radius 3 is 2.86 bits per heavy atom. The number of aliphatic imine (C=N–C) groups is 1. The number of pyridine rings is 1. The first-order valence-electron chi connectivity index (χ1n) is 7.47. The van der Waals surface area contributed by atoms with Crippen LogP contribution in [0.15, 0.2) is 29.4 Å². The molecule has 0 bridgehead atoms. The number of nitrogens with zero attached hydrogens (tertiary/aromatic N) is 2. The molecule has 0 aliphatic heterocycles. The van der Waals surface area contributed by atoms with Crippen molar-refractivity contribution in [2.75, 3.05) is 11.9 Å². The first kappa shape index (κ1) is 15.3. The molecule has 6 heteroatoms. The van der Waals surface area contributed by atoms with E-state index < -0.39 is 6.09 Å². The third kappa shape index (κ3) is 5.41. The number of hydrogen-bond donors (Lipinski definition) is 2. The van der Waals surface area contributed by atoms with Crippen LogP contribution in [-0.4, -0.2) is 29.7 Å². The minimum absolute atomic E-state index is 0.242. The molecule has 0 radical (unpaired) electrons. The molecule has 0 saturated heterocycles. The molecular weight excluding hydrogens is 268 g/mol.